The van der Waals surface area contributed by atoms with Gasteiger partial charge in [0.1, 0.15) is 0 Å². The summed E-state index contributed by atoms with van der Waals surface area (Å²) in [5.41, 5.74) is 0. The van der Waals surface area contributed by atoms with E-state index in [9.17, 15) is 4.79 Å². The van der Waals surface area contributed by atoms with E-state index in [1.807, 2.05) is 0 Å². The zero-order valence-electron chi connectivity index (χ0n) is 6.13. The van der Waals surface area contributed by atoms with Crippen LogP contribution in [0.25, 0.3) is 0 Å². The van der Waals surface area contributed by atoms with Gasteiger partial charge in [0.25, 0.3) is 0 Å². The highest BCUT2D eigenvalue weighted by Crippen LogP contribution is 2.28. The lowest BCUT2D eigenvalue weighted by molar-refractivity contribution is -0.123. The molecule has 58 valence electrons. The fourth-order valence-electron chi connectivity index (χ4n) is 0.752. The summed E-state index contributed by atoms with van der Waals surface area (Å²) in [6, 6.07) is -0.0897. The minimum absolute atomic E-state index is 0.0262. The topological polar surface area (TPSA) is 49.3 Å². The number of nitrogens with one attached hydrogen (secondary N) is 1. The van der Waals surface area contributed by atoms with Crippen LogP contribution in [0.5, 0.6) is 0 Å². The molecular weight excluding hydrogens is 130 g/mol. The third kappa shape index (κ3) is 1.99. The summed E-state index contributed by atoms with van der Waals surface area (Å²) < 4.78 is 0. The third-order valence-corrected chi connectivity index (χ3v) is 1.61. The Morgan fingerprint density at radius 2 is 2.40 bits per heavy atom. The van der Waals surface area contributed by atoms with Crippen LogP contribution in [0.15, 0.2) is 0 Å². The van der Waals surface area contributed by atoms with Crippen molar-refractivity contribution in [2.45, 2.75) is 25.8 Å². The van der Waals surface area contributed by atoms with Crippen molar-refractivity contribution in [1.29, 1.82) is 0 Å². The molecule has 0 aromatic heterocycles. The van der Waals surface area contributed by atoms with Crippen molar-refractivity contribution in [2.24, 2.45) is 5.92 Å². The van der Waals surface area contributed by atoms with Crippen LogP contribution in [0.2, 0.25) is 0 Å². The van der Waals surface area contributed by atoms with Gasteiger partial charge >= 0.3 is 0 Å². The summed E-state index contributed by atoms with van der Waals surface area (Å²) in [7, 11) is 0. The summed E-state index contributed by atoms with van der Waals surface area (Å²) in [5.74, 6) is 0.343. The highest BCUT2D eigenvalue weighted by Gasteiger charge is 2.29. The van der Waals surface area contributed by atoms with Crippen molar-refractivity contribution < 1.29 is 9.90 Å². The SMILES string of the molecule is CC(CO)NC(=O)C1CC1. The Balaban J connectivity index is 2.16. The van der Waals surface area contributed by atoms with E-state index < -0.39 is 0 Å². The van der Waals surface area contributed by atoms with Crippen LogP contribution < -0.4 is 5.32 Å². The molecule has 1 atom stereocenters. The van der Waals surface area contributed by atoms with Gasteiger partial charge in [-0.1, -0.05) is 0 Å². The normalized spacial score (nSPS) is 20.2. The lowest BCUT2D eigenvalue weighted by atomic mass is 10.3. The van der Waals surface area contributed by atoms with Crippen molar-refractivity contribution in [3.63, 3.8) is 0 Å². The van der Waals surface area contributed by atoms with Crippen LogP contribution in [-0.2, 0) is 4.79 Å². The predicted molar refractivity (Wildman–Crippen MR) is 37.4 cm³/mol. The zero-order valence-corrected chi connectivity index (χ0v) is 6.13. The van der Waals surface area contributed by atoms with Crippen molar-refractivity contribution >= 4 is 5.91 Å². The Kier molecular flexibility index (Phi) is 2.27. The maximum atomic E-state index is 11.0. The second kappa shape index (κ2) is 3.01. The van der Waals surface area contributed by atoms with Gasteiger partial charge in [-0.2, -0.15) is 0 Å². The molecule has 1 fully saturated rings. The predicted octanol–water partition coefficient (Wildman–Crippen LogP) is -0.107. The molecule has 3 nitrogen and oxygen atoms in total. The number of hydrogen-bond acceptors (Lipinski definition) is 2. The van der Waals surface area contributed by atoms with E-state index in [1.165, 1.54) is 0 Å². The number of carbonyl (C=O) groups is 1. The molecule has 0 aromatic rings. The molecule has 1 rings (SSSR count). The first-order chi connectivity index (χ1) is 4.74. The highest BCUT2D eigenvalue weighted by molar-refractivity contribution is 5.81. The lowest BCUT2D eigenvalue weighted by Gasteiger charge is -2.09. The average Bonchev–Trinajstić information content (AvgIpc) is 2.68. The quantitative estimate of drug-likeness (QED) is 0.579. The molecule has 3 heteroatoms. The average molecular weight is 143 g/mol. The molecule has 0 radical (unpaired) electrons. The lowest BCUT2D eigenvalue weighted by Crippen LogP contribution is -2.35. The molecule has 0 aliphatic heterocycles. The molecule has 1 aliphatic rings. The summed E-state index contributed by atoms with van der Waals surface area (Å²) in [6.45, 7) is 1.82. The molecule has 1 aliphatic carbocycles. The van der Waals surface area contributed by atoms with Crippen LogP contribution in [-0.4, -0.2) is 23.7 Å². The van der Waals surface area contributed by atoms with Gasteiger partial charge < -0.3 is 10.4 Å². The number of aliphatic hydroxyl groups is 1. The molecule has 1 amide bonds. The fraction of sp³-hybridized carbons (Fsp3) is 0.857. The van der Waals surface area contributed by atoms with E-state index in [2.05, 4.69) is 5.32 Å². The van der Waals surface area contributed by atoms with Gasteiger partial charge in [0.15, 0.2) is 0 Å². The second-order valence-corrected chi connectivity index (χ2v) is 2.87. The number of rotatable bonds is 3. The monoisotopic (exact) mass is 143 g/mol. The van der Waals surface area contributed by atoms with Gasteiger partial charge in [0, 0.05) is 12.0 Å². The summed E-state index contributed by atoms with van der Waals surface area (Å²) in [5, 5.41) is 11.3. The molecule has 1 saturated carbocycles. The standard InChI is InChI=1S/C7H13NO2/c1-5(4-9)8-7(10)6-2-3-6/h5-6,9H,2-4H2,1H3,(H,8,10). The molecule has 1 unspecified atom stereocenters. The molecule has 0 bridgehead atoms. The van der Waals surface area contributed by atoms with Crippen molar-refractivity contribution in [2.75, 3.05) is 6.61 Å². The Labute approximate surface area is 60.4 Å². The van der Waals surface area contributed by atoms with Crippen LogP contribution in [0.1, 0.15) is 19.8 Å². The van der Waals surface area contributed by atoms with Crippen molar-refractivity contribution in [3.05, 3.63) is 0 Å². The number of hydrogen-bond donors (Lipinski definition) is 2. The Hall–Kier alpha value is -0.570. The smallest absolute Gasteiger partial charge is 0.223 e. The van der Waals surface area contributed by atoms with Crippen molar-refractivity contribution in [3.8, 4) is 0 Å². The van der Waals surface area contributed by atoms with Gasteiger partial charge in [-0.25, -0.2) is 0 Å². The van der Waals surface area contributed by atoms with Gasteiger partial charge in [-0.05, 0) is 19.8 Å². The van der Waals surface area contributed by atoms with E-state index in [0.717, 1.165) is 12.8 Å². The number of amides is 1. The Morgan fingerprint density at radius 3 is 2.80 bits per heavy atom. The number of carbonyl (C=O) groups excluding carboxylic acids is 1. The first-order valence-corrected chi connectivity index (χ1v) is 3.65. The van der Waals surface area contributed by atoms with Gasteiger partial charge in [-0.15, -0.1) is 0 Å². The first kappa shape index (κ1) is 7.54. The maximum absolute atomic E-state index is 11.0. The van der Waals surface area contributed by atoms with Crippen LogP contribution in [0.3, 0.4) is 0 Å². The maximum Gasteiger partial charge on any atom is 0.223 e. The van der Waals surface area contributed by atoms with Crippen LogP contribution in [0, 0.1) is 5.92 Å². The molecule has 0 saturated heterocycles. The molecule has 0 spiro atoms. The van der Waals surface area contributed by atoms with E-state index in [4.69, 9.17) is 5.11 Å². The second-order valence-electron chi connectivity index (χ2n) is 2.87. The minimum Gasteiger partial charge on any atom is -0.394 e. The molecule has 2 N–H and O–H groups in total. The Morgan fingerprint density at radius 1 is 1.80 bits per heavy atom. The van der Waals surface area contributed by atoms with Crippen LogP contribution in [0.4, 0.5) is 0 Å². The third-order valence-electron chi connectivity index (χ3n) is 1.61. The molecule has 0 heterocycles. The molecule has 10 heavy (non-hydrogen) atoms. The van der Waals surface area contributed by atoms with Crippen LogP contribution >= 0.6 is 0 Å². The largest absolute Gasteiger partial charge is 0.394 e. The summed E-state index contributed by atoms with van der Waals surface area (Å²) in [4.78, 5) is 11.0. The Bertz CT molecular complexity index is 132. The van der Waals surface area contributed by atoms with E-state index >= 15 is 0 Å². The number of aliphatic hydroxyl groups excluding tert-OH is 1. The summed E-state index contributed by atoms with van der Waals surface area (Å²) >= 11 is 0. The van der Waals surface area contributed by atoms with Gasteiger partial charge in [0.05, 0.1) is 6.61 Å². The van der Waals surface area contributed by atoms with Crippen molar-refractivity contribution in [1.82, 2.24) is 5.32 Å². The van der Waals surface area contributed by atoms with Gasteiger partial charge in [0.2, 0.25) is 5.91 Å². The van der Waals surface area contributed by atoms with E-state index in [0.29, 0.717) is 0 Å². The molecule has 0 aromatic carbocycles. The summed E-state index contributed by atoms with van der Waals surface area (Å²) in [6.07, 6.45) is 2.04. The van der Waals surface area contributed by atoms with E-state index in [1.54, 1.807) is 6.92 Å². The fourth-order valence-corrected chi connectivity index (χ4v) is 0.752. The van der Waals surface area contributed by atoms with E-state index in [-0.39, 0.29) is 24.5 Å². The van der Waals surface area contributed by atoms with Gasteiger partial charge in [-0.3, -0.25) is 4.79 Å². The zero-order chi connectivity index (χ0) is 7.56. The molecular formula is C7H13NO2. The highest BCUT2D eigenvalue weighted by atomic mass is 16.3. The minimum atomic E-state index is -0.0897. The first-order valence-electron chi connectivity index (χ1n) is 3.65.